The number of aromatic amines is 1. The molecule has 1 N–H and O–H groups in total. The lowest BCUT2D eigenvalue weighted by atomic mass is 10.2. The number of nitrogens with one attached hydrogen (secondary N) is 1. The summed E-state index contributed by atoms with van der Waals surface area (Å²) in [5, 5.41) is 12.1. The van der Waals surface area contributed by atoms with Crippen LogP contribution in [0.4, 0.5) is 0 Å². The summed E-state index contributed by atoms with van der Waals surface area (Å²) in [6.07, 6.45) is 5.49. The van der Waals surface area contributed by atoms with E-state index in [0.717, 1.165) is 17.5 Å². The molecule has 2 aromatic heterocycles. The van der Waals surface area contributed by atoms with Gasteiger partial charge in [-0.05, 0) is 23.8 Å². The van der Waals surface area contributed by atoms with Crippen molar-refractivity contribution in [1.29, 1.82) is 0 Å². The molecule has 0 aliphatic heterocycles. The van der Waals surface area contributed by atoms with Crippen molar-refractivity contribution < 1.29 is 0 Å². The maximum Gasteiger partial charge on any atom is 0.216 e. The highest BCUT2D eigenvalue weighted by molar-refractivity contribution is 7.71. The number of H-pyrrole nitrogens is 1. The van der Waals surface area contributed by atoms with Crippen molar-refractivity contribution in [2.24, 2.45) is 5.10 Å². The van der Waals surface area contributed by atoms with Gasteiger partial charge in [-0.3, -0.25) is 5.10 Å². The number of hydrogen-bond donors (Lipinski definition) is 1. The summed E-state index contributed by atoms with van der Waals surface area (Å²) < 4.78 is 4.25. The Morgan fingerprint density at radius 1 is 1.08 bits per heavy atom. The van der Waals surface area contributed by atoms with Gasteiger partial charge in [0.15, 0.2) is 0 Å². The summed E-state index contributed by atoms with van der Waals surface area (Å²) >= 11 is 5.11. The van der Waals surface area contributed by atoms with E-state index < -0.39 is 0 Å². The van der Waals surface area contributed by atoms with Crippen molar-refractivity contribution in [2.45, 2.75) is 6.54 Å². The Morgan fingerprint density at radius 3 is 2.67 bits per heavy atom. The van der Waals surface area contributed by atoms with Gasteiger partial charge in [-0.15, -0.1) is 0 Å². The molecular weight excluding hydrogens is 318 g/mol. The van der Waals surface area contributed by atoms with Crippen molar-refractivity contribution in [3.8, 4) is 0 Å². The second kappa shape index (κ2) is 6.25. The molecule has 118 valence electrons. The molecule has 2 aromatic carbocycles. The molecule has 24 heavy (non-hydrogen) atoms. The molecule has 0 aliphatic carbocycles. The van der Waals surface area contributed by atoms with Gasteiger partial charge in [0, 0.05) is 29.2 Å². The Morgan fingerprint density at radius 2 is 1.88 bits per heavy atom. The van der Waals surface area contributed by atoms with Crippen LogP contribution < -0.4 is 0 Å². The Labute approximate surface area is 143 Å². The van der Waals surface area contributed by atoms with E-state index in [0.29, 0.717) is 4.77 Å². The molecule has 4 aromatic rings. The first-order chi connectivity index (χ1) is 11.8. The third-order valence-electron chi connectivity index (χ3n) is 3.87. The van der Waals surface area contributed by atoms with E-state index in [2.05, 4.69) is 68.5 Å². The van der Waals surface area contributed by atoms with Gasteiger partial charge in [0.2, 0.25) is 4.77 Å². The zero-order valence-corrected chi connectivity index (χ0v) is 13.6. The minimum Gasteiger partial charge on any atom is -0.342 e. The maximum absolute atomic E-state index is 5.11. The summed E-state index contributed by atoms with van der Waals surface area (Å²) in [6.45, 7) is 0.820. The lowest BCUT2D eigenvalue weighted by Crippen LogP contribution is -1.97. The zero-order chi connectivity index (χ0) is 16.4. The van der Waals surface area contributed by atoms with E-state index in [9.17, 15) is 0 Å². The van der Waals surface area contributed by atoms with Crippen LogP contribution in [-0.4, -0.2) is 25.7 Å². The number of benzene rings is 2. The quantitative estimate of drug-likeness (QED) is 0.456. The summed E-state index contributed by atoms with van der Waals surface area (Å²) in [5.41, 5.74) is 3.49. The molecule has 0 atom stereocenters. The highest BCUT2D eigenvalue weighted by Gasteiger charge is 2.07. The molecule has 0 spiro atoms. The molecule has 0 bridgehead atoms. The van der Waals surface area contributed by atoms with Gasteiger partial charge in [0.1, 0.15) is 6.33 Å². The van der Waals surface area contributed by atoms with Crippen molar-refractivity contribution in [3.63, 3.8) is 0 Å². The summed E-state index contributed by atoms with van der Waals surface area (Å²) in [6, 6.07) is 18.7. The van der Waals surface area contributed by atoms with E-state index in [1.165, 1.54) is 11.1 Å². The summed E-state index contributed by atoms with van der Waals surface area (Å²) in [4.78, 5) is 0. The zero-order valence-electron chi connectivity index (χ0n) is 12.8. The number of rotatable bonds is 4. The normalized spacial score (nSPS) is 11.5. The average Bonchev–Trinajstić information content (AvgIpc) is 3.18. The van der Waals surface area contributed by atoms with Gasteiger partial charge >= 0.3 is 0 Å². The SMILES string of the molecule is S=c1[nH]ncn1N=Cc1cn(Cc2ccccc2)c2ccccc12. The van der Waals surface area contributed by atoms with E-state index >= 15 is 0 Å². The number of nitrogens with zero attached hydrogens (tertiary/aromatic N) is 4. The van der Waals surface area contributed by atoms with Crippen LogP contribution in [0.3, 0.4) is 0 Å². The average molecular weight is 333 g/mol. The molecule has 0 saturated heterocycles. The Balaban J connectivity index is 1.75. The van der Waals surface area contributed by atoms with Crippen molar-refractivity contribution in [1.82, 2.24) is 19.4 Å². The molecule has 6 heteroatoms. The third kappa shape index (κ3) is 2.79. The number of fused-ring (bicyclic) bond motifs is 1. The largest absolute Gasteiger partial charge is 0.342 e. The Kier molecular flexibility index (Phi) is 3.80. The van der Waals surface area contributed by atoms with Crippen molar-refractivity contribution in [3.05, 3.63) is 83.0 Å². The number of hydrogen-bond acceptors (Lipinski definition) is 3. The second-order valence-corrected chi connectivity index (χ2v) is 5.85. The van der Waals surface area contributed by atoms with E-state index in [-0.39, 0.29) is 0 Å². The van der Waals surface area contributed by atoms with Crippen LogP contribution in [0.2, 0.25) is 0 Å². The fourth-order valence-corrected chi connectivity index (χ4v) is 2.89. The molecule has 0 amide bonds. The minimum atomic E-state index is 0.472. The smallest absolute Gasteiger partial charge is 0.216 e. The molecule has 0 aliphatic rings. The monoisotopic (exact) mass is 333 g/mol. The molecule has 0 saturated carbocycles. The van der Waals surface area contributed by atoms with E-state index in [1.807, 2.05) is 18.3 Å². The number of para-hydroxylation sites is 1. The minimum absolute atomic E-state index is 0.472. The Hall–Kier alpha value is -2.99. The van der Waals surface area contributed by atoms with Crippen LogP contribution in [0.25, 0.3) is 10.9 Å². The molecule has 0 fully saturated rings. The van der Waals surface area contributed by atoms with Crippen LogP contribution in [-0.2, 0) is 6.54 Å². The first-order valence-electron chi connectivity index (χ1n) is 7.59. The van der Waals surface area contributed by atoms with Crippen molar-refractivity contribution >= 4 is 29.3 Å². The third-order valence-corrected chi connectivity index (χ3v) is 4.15. The highest BCUT2D eigenvalue weighted by Crippen LogP contribution is 2.21. The second-order valence-electron chi connectivity index (χ2n) is 5.47. The molecule has 0 unspecified atom stereocenters. The van der Waals surface area contributed by atoms with Crippen molar-refractivity contribution in [2.75, 3.05) is 0 Å². The van der Waals surface area contributed by atoms with Gasteiger partial charge in [-0.25, -0.2) is 0 Å². The molecule has 0 radical (unpaired) electrons. The topological polar surface area (TPSA) is 50.9 Å². The predicted molar refractivity (Wildman–Crippen MR) is 97.9 cm³/mol. The maximum atomic E-state index is 5.11. The highest BCUT2D eigenvalue weighted by atomic mass is 32.1. The molecule has 5 nitrogen and oxygen atoms in total. The number of aromatic nitrogens is 4. The first kappa shape index (κ1) is 14.6. The lowest BCUT2D eigenvalue weighted by Gasteiger charge is -2.05. The lowest BCUT2D eigenvalue weighted by molar-refractivity contribution is 0.835. The van der Waals surface area contributed by atoms with Crippen LogP contribution in [0.5, 0.6) is 0 Å². The first-order valence-corrected chi connectivity index (χ1v) is 8.00. The standard InChI is InChI=1S/C18H15N5S/c24-18-21-19-13-23(18)20-10-15-12-22(11-14-6-2-1-3-7-14)17-9-5-4-8-16(15)17/h1-10,12-13H,11H2,(H,21,24). The van der Waals surface area contributed by atoms with E-state index in [1.54, 1.807) is 11.0 Å². The fourth-order valence-electron chi connectivity index (χ4n) is 2.74. The van der Waals surface area contributed by atoms with Crippen LogP contribution >= 0.6 is 12.2 Å². The van der Waals surface area contributed by atoms with Gasteiger partial charge in [-0.1, -0.05) is 48.5 Å². The predicted octanol–water partition coefficient (Wildman–Crippen LogP) is 3.83. The van der Waals surface area contributed by atoms with Gasteiger partial charge in [0.05, 0.1) is 6.21 Å². The van der Waals surface area contributed by atoms with Gasteiger partial charge in [-0.2, -0.15) is 14.9 Å². The molecule has 2 heterocycles. The van der Waals surface area contributed by atoms with Gasteiger partial charge in [0.25, 0.3) is 0 Å². The molecular formula is C18H15N5S. The Bertz CT molecular complexity index is 1060. The summed E-state index contributed by atoms with van der Waals surface area (Å²) in [5.74, 6) is 0. The van der Waals surface area contributed by atoms with Crippen LogP contribution in [0.15, 0.2) is 72.2 Å². The van der Waals surface area contributed by atoms with Crippen LogP contribution in [0.1, 0.15) is 11.1 Å². The van der Waals surface area contributed by atoms with E-state index in [4.69, 9.17) is 12.2 Å². The van der Waals surface area contributed by atoms with Crippen LogP contribution in [0, 0.1) is 4.77 Å². The molecule has 4 rings (SSSR count). The van der Waals surface area contributed by atoms with Gasteiger partial charge < -0.3 is 4.57 Å². The summed E-state index contributed by atoms with van der Waals surface area (Å²) in [7, 11) is 0. The fraction of sp³-hybridized carbons (Fsp3) is 0.0556.